The molecule has 0 saturated carbocycles. The van der Waals surface area contributed by atoms with Gasteiger partial charge in [-0.3, -0.25) is 4.79 Å². The molecule has 0 aliphatic rings. The van der Waals surface area contributed by atoms with E-state index in [1.807, 2.05) is 18.2 Å². The van der Waals surface area contributed by atoms with Crippen LogP contribution >= 0.6 is 0 Å². The first kappa shape index (κ1) is 21.1. The van der Waals surface area contributed by atoms with Gasteiger partial charge in [-0.25, -0.2) is 0 Å². The maximum Gasteiger partial charge on any atom is 0.226 e. The van der Waals surface area contributed by atoms with Crippen LogP contribution in [0.25, 0.3) is 10.8 Å². The van der Waals surface area contributed by atoms with Crippen LogP contribution in [0.15, 0.2) is 72.8 Å². The summed E-state index contributed by atoms with van der Waals surface area (Å²) in [4.78, 5) is 15.7. The van der Waals surface area contributed by atoms with E-state index in [1.165, 1.54) is 21.9 Å². The minimum absolute atomic E-state index is 0.0195. The zero-order valence-electron chi connectivity index (χ0n) is 18.4. The van der Waals surface area contributed by atoms with Gasteiger partial charge in [0.15, 0.2) is 0 Å². The van der Waals surface area contributed by atoms with Crippen LogP contribution in [0.5, 0.6) is 0 Å². The van der Waals surface area contributed by atoms with Gasteiger partial charge in [0.1, 0.15) is 0 Å². The molecule has 3 rings (SSSR count). The van der Waals surface area contributed by atoms with Gasteiger partial charge >= 0.3 is 0 Å². The number of benzene rings is 3. The van der Waals surface area contributed by atoms with Crippen molar-refractivity contribution in [2.24, 2.45) is 11.3 Å². The summed E-state index contributed by atoms with van der Waals surface area (Å²) in [6, 6.07) is 25.2. The molecule has 0 aliphatic carbocycles. The lowest BCUT2D eigenvalue weighted by molar-refractivity contribution is -0.138. The standard InChI is InChI=1S/C27H33NO/c1-20(18-22-12-7-6-8-13-22)26(29)28(19-27(3,4)5)21(2)24-17-11-15-23-14-9-10-16-25(23)24/h6-17,20-21H,18-19H2,1-5H3/t20-,21+/m0/s1. The predicted molar refractivity (Wildman–Crippen MR) is 123 cm³/mol. The van der Waals surface area contributed by atoms with Crippen LogP contribution in [-0.2, 0) is 11.2 Å². The number of hydrogen-bond acceptors (Lipinski definition) is 1. The summed E-state index contributed by atoms with van der Waals surface area (Å²) in [7, 11) is 0. The summed E-state index contributed by atoms with van der Waals surface area (Å²) in [6.07, 6.45) is 0.766. The Kier molecular flexibility index (Phi) is 6.42. The van der Waals surface area contributed by atoms with E-state index >= 15 is 0 Å². The molecule has 0 fully saturated rings. The van der Waals surface area contributed by atoms with Gasteiger partial charge in [-0.15, -0.1) is 0 Å². The summed E-state index contributed by atoms with van der Waals surface area (Å²) < 4.78 is 0. The SMILES string of the molecule is C[C@H](c1cccc2ccccc12)N(CC(C)(C)C)C(=O)[C@@H](C)Cc1ccccc1. The van der Waals surface area contributed by atoms with Gasteiger partial charge in [-0.2, -0.15) is 0 Å². The van der Waals surface area contributed by atoms with Gasteiger partial charge < -0.3 is 4.90 Å². The van der Waals surface area contributed by atoms with E-state index in [2.05, 4.69) is 94.1 Å². The molecule has 0 spiro atoms. The van der Waals surface area contributed by atoms with Crippen molar-refractivity contribution in [2.75, 3.05) is 6.54 Å². The van der Waals surface area contributed by atoms with Crippen LogP contribution < -0.4 is 0 Å². The Morgan fingerprint density at radius 1 is 0.862 bits per heavy atom. The van der Waals surface area contributed by atoms with Crippen LogP contribution in [-0.4, -0.2) is 17.4 Å². The first-order chi connectivity index (χ1) is 13.8. The molecule has 3 aromatic carbocycles. The lowest BCUT2D eigenvalue weighted by Gasteiger charge is -2.37. The Morgan fingerprint density at radius 3 is 2.17 bits per heavy atom. The number of nitrogens with zero attached hydrogens (tertiary/aromatic N) is 1. The van der Waals surface area contributed by atoms with Crippen molar-refractivity contribution in [3.63, 3.8) is 0 Å². The minimum atomic E-state index is -0.0582. The molecular weight excluding hydrogens is 354 g/mol. The number of fused-ring (bicyclic) bond motifs is 1. The highest BCUT2D eigenvalue weighted by molar-refractivity contribution is 5.87. The second-order valence-electron chi connectivity index (χ2n) is 9.36. The highest BCUT2D eigenvalue weighted by Crippen LogP contribution is 2.32. The maximum atomic E-state index is 13.6. The van der Waals surface area contributed by atoms with Crippen molar-refractivity contribution in [3.8, 4) is 0 Å². The van der Waals surface area contributed by atoms with E-state index in [9.17, 15) is 4.79 Å². The largest absolute Gasteiger partial charge is 0.335 e. The Labute approximate surface area is 175 Å². The number of amides is 1. The number of carbonyl (C=O) groups is 1. The van der Waals surface area contributed by atoms with Crippen molar-refractivity contribution < 1.29 is 4.79 Å². The van der Waals surface area contributed by atoms with Crippen molar-refractivity contribution in [1.82, 2.24) is 4.90 Å². The fourth-order valence-electron chi connectivity index (χ4n) is 4.04. The molecule has 0 radical (unpaired) electrons. The van der Waals surface area contributed by atoms with Gasteiger partial charge in [0.2, 0.25) is 5.91 Å². The molecule has 2 atom stereocenters. The smallest absolute Gasteiger partial charge is 0.226 e. The summed E-state index contributed by atoms with van der Waals surface area (Å²) in [5.74, 6) is 0.168. The minimum Gasteiger partial charge on any atom is -0.335 e. The molecule has 152 valence electrons. The van der Waals surface area contributed by atoms with Gasteiger partial charge in [-0.1, -0.05) is 100 Å². The van der Waals surface area contributed by atoms with E-state index in [0.29, 0.717) is 0 Å². The lowest BCUT2D eigenvalue weighted by Crippen LogP contribution is -2.42. The molecule has 0 N–H and O–H groups in total. The molecule has 0 bridgehead atoms. The fraction of sp³-hybridized carbons (Fsp3) is 0.370. The highest BCUT2D eigenvalue weighted by Gasteiger charge is 2.30. The van der Waals surface area contributed by atoms with Gasteiger partial charge in [0.25, 0.3) is 0 Å². The summed E-state index contributed by atoms with van der Waals surface area (Å²) >= 11 is 0. The zero-order chi connectivity index (χ0) is 21.0. The number of hydrogen-bond donors (Lipinski definition) is 0. The molecule has 0 aliphatic heterocycles. The molecule has 2 heteroatoms. The Hall–Kier alpha value is -2.61. The second-order valence-corrected chi connectivity index (χ2v) is 9.36. The second kappa shape index (κ2) is 8.82. The molecule has 2 nitrogen and oxygen atoms in total. The van der Waals surface area contributed by atoms with E-state index < -0.39 is 0 Å². The summed E-state index contributed by atoms with van der Waals surface area (Å²) in [5, 5.41) is 2.45. The van der Waals surface area contributed by atoms with E-state index in [-0.39, 0.29) is 23.3 Å². The average molecular weight is 388 g/mol. The molecule has 1 amide bonds. The van der Waals surface area contributed by atoms with Crippen LogP contribution in [0.2, 0.25) is 0 Å². The molecule has 0 saturated heterocycles. The lowest BCUT2D eigenvalue weighted by atomic mass is 9.91. The Morgan fingerprint density at radius 2 is 1.48 bits per heavy atom. The first-order valence-corrected chi connectivity index (χ1v) is 10.6. The fourth-order valence-corrected chi connectivity index (χ4v) is 4.04. The van der Waals surface area contributed by atoms with Crippen LogP contribution in [0.1, 0.15) is 51.8 Å². The quantitative estimate of drug-likeness (QED) is 0.463. The Balaban J connectivity index is 1.92. The van der Waals surface area contributed by atoms with Crippen molar-refractivity contribution in [3.05, 3.63) is 83.9 Å². The number of carbonyl (C=O) groups excluding carboxylic acids is 1. The van der Waals surface area contributed by atoms with Gasteiger partial charge in [0, 0.05) is 12.5 Å². The third-order valence-corrected chi connectivity index (χ3v) is 5.48. The van der Waals surface area contributed by atoms with E-state index in [0.717, 1.165) is 13.0 Å². The topological polar surface area (TPSA) is 20.3 Å². The van der Waals surface area contributed by atoms with Crippen molar-refractivity contribution in [2.45, 2.75) is 47.1 Å². The normalized spacial score (nSPS) is 13.8. The van der Waals surface area contributed by atoms with Crippen LogP contribution in [0, 0.1) is 11.3 Å². The molecule has 0 aromatic heterocycles. The van der Waals surface area contributed by atoms with Crippen LogP contribution in [0.3, 0.4) is 0 Å². The maximum absolute atomic E-state index is 13.6. The first-order valence-electron chi connectivity index (χ1n) is 10.6. The third-order valence-electron chi connectivity index (χ3n) is 5.48. The monoisotopic (exact) mass is 387 g/mol. The predicted octanol–water partition coefficient (Wildman–Crippen LogP) is 6.65. The average Bonchev–Trinajstić information content (AvgIpc) is 2.70. The highest BCUT2D eigenvalue weighted by atomic mass is 16.2. The number of rotatable bonds is 6. The summed E-state index contributed by atoms with van der Waals surface area (Å²) in [6.45, 7) is 11.6. The van der Waals surface area contributed by atoms with Crippen molar-refractivity contribution in [1.29, 1.82) is 0 Å². The van der Waals surface area contributed by atoms with E-state index in [1.54, 1.807) is 0 Å². The molecule has 0 heterocycles. The van der Waals surface area contributed by atoms with E-state index in [4.69, 9.17) is 0 Å². The molecule has 29 heavy (non-hydrogen) atoms. The van der Waals surface area contributed by atoms with Gasteiger partial charge in [0.05, 0.1) is 6.04 Å². The zero-order valence-corrected chi connectivity index (χ0v) is 18.4. The molecular formula is C27H33NO. The summed E-state index contributed by atoms with van der Waals surface area (Å²) in [5.41, 5.74) is 2.45. The Bertz CT molecular complexity index is 950. The van der Waals surface area contributed by atoms with Crippen molar-refractivity contribution >= 4 is 16.7 Å². The third kappa shape index (κ3) is 5.26. The molecule has 0 unspecified atom stereocenters. The molecule has 3 aromatic rings. The van der Waals surface area contributed by atoms with Gasteiger partial charge in [-0.05, 0) is 40.7 Å². The van der Waals surface area contributed by atoms with Crippen LogP contribution in [0.4, 0.5) is 0 Å².